The lowest BCUT2D eigenvalue weighted by molar-refractivity contribution is 0.221. The Morgan fingerprint density at radius 2 is 1.68 bits per heavy atom. The maximum Gasteiger partial charge on any atom is 0.256 e. The number of fused-ring (bicyclic) bond motifs is 3. The molecule has 1 fully saturated rings. The Morgan fingerprint density at radius 3 is 2.50 bits per heavy atom. The fraction of sp³-hybridized carbons (Fsp3) is 0.316. The van der Waals surface area contributed by atoms with Crippen LogP contribution in [0, 0.1) is 0 Å². The molecule has 112 valence electrons. The highest BCUT2D eigenvalue weighted by Crippen LogP contribution is 2.23. The summed E-state index contributed by atoms with van der Waals surface area (Å²) in [6.07, 6.45) is 3.96. The summed E-state index contributed by atoms with van der Waals surface area (Å²) in [4.78, 5) is 17.8. The Morgan fingerprint density at radius 1 is 0.909 bits per heavy atom. The van der Waals surface area contributed by atoms with Gasteiger partial charge in [-0.1, -0.05) is 36.8 Å². The third-order valence-corrected chi connectivity index (χ3v) is 4.65. The predicted octanol–water partition coefficient (Wildman–Crippen LogP) is 3.67. The van der Waals surface area contributed by atoms with Crippen molar-refractivity contribution in [2.45, 2.75) is 25.8 Å². The number of nitrogens with zero attached hydrogens (tertiary/aromatic N) is 1. The molecule has 1 N–H and O–H groups in total. The van der Waals surface area contributed by atoms with Crippen molar-refractivity contribution in [3.63, 3.8) is 0 Å². The molecule has 0 radical (unpaired) electrons. The molecule has 3 heteroatoms. The van der Waals surface area contributed by atoms with E-state index in [1.54, 1.807) is 0 Å². The van der Waals surface area contributed by atoms with Crippen LogP contribution in [-0.4, -0.2) is 23.0 Å². The highest BCUT2D eigenvalue weighted by atomic mass is 16.1. The van der Waals surface area contributed by atoms with Gasteiger partial charge in [0.05, 0.1) is 0 Å². The van der Waals surface area contributed by atoms with Gasteiger partial charge in [-0.15, -0.1) is 0 Å². The quantitative estimate of drug-likeness (QED) is 0.732. The minimum absolute atomic E-state index is 0.00165. The van der Waals surface area contributed by atoms with E-state index in [-0.39, 0.29) is 5.56 Å². The Labute approximate surface area is 129 Å². The van der Waals surface area contributed by atoms with Gasteiger partial charge in [0.25, 0.3) is 5.56 Å². The number of rotatable bonds is 2. The van der Waals surface area contributed by atoms with E-state index in [1.165, 1.54) is 37.9 Å². The molecule has 1 saturated heterocycles. The second-order valence-electron chi connectivity index (χ2n) is 6.22. The van der Waals surface area contributed by atoms with Gasteiger partial charge in [0.15, 0.2) is 0 Å². The van der Waals surface area contributed by atoms with E-state index in [0.29, 0.717) is 0 Å². The minimum Gasteiger partial charge on any atom is -0.321 e. The smallest absolute Gasteiger partial charge is 0.256 e. The van der Waals surface area contributed by atoms with Crippen LogP contribution in [0.15, 0.2) is 47.3 Å². The van der Waals surface area contributed by atoms with Gasteiger partial charge >= 0.3 is 0 Å². The lowest BCUT2D eigenvalue weighted by atomic mass is 10.0. The number of nitrogens with one attached hydrogen (secondary N) is 1. The molecule has 0 aliphatic carbocycles. The van der Waals surface area contributed by atoms with E-state index in [0.717, 1.165) is 28.2 Å². The van der Waals surface area contributed by atoms with Gasteiger partial charge in [-0.25, -0.2) is 0 Å². The zero-order valence-corrected chi connectivity index (χ0v) is 12.6. The van der Waals surface area contributed by atoms with Crippen molar-refractivity contribution >= 4 is 21.7 Å². The topological polar surface area (TPSA) is 36.1 Å². The zero-order valence-electron chi connectivity index (χ0n) is 12.6. The molecular weight excluding hydrogens is 272 g/mol. The van der Waals surface area contributed by atoms with Gasteiger partial charge in [-0.2, -0.15) is 0 Å². The van der Waals surface area contributed by atoms with Crippen molar-refractivity contribution in [2.24, 2.45) is 0 Å². The summed E-state index contributed by atoms with van der Waals surface area (Å²) in [7, 11) is 0. The number of benzene rings is 2. The highest BCUT2D eigenvalue weighted by Gasteiger charge is 2.11. The van der Waals surface area contributed by atoms with E-state index in [9.17, 15) is 4.79 Å². The Bertz CT molecular complexity index is 875. The zero-order chi connectivity index (χ0) is 14.9. The molecular formula is C19H20N2O. The molecule has 2 aromatic carbocycles. The Balaban J connectivity index is 1.77. The molecule has 3 aromatic rings. The molecule has 0 spiro atoms. The number of hydrogen-bond donors (Lipinski definition) is 1. The summed E-state index contributed by atoms with van der Waals surface area (Å²) in [5, 5.41) is 2.92. The van der Waals surface area contributed by atoms with Crippen LogP contribution in [0.1, 0.15) is 24.8 Å². The van der Waals surface area contributed by atoms with Gasteiger partial charge < -0.3 is 4.98 Å². The van der Waals surface area contributed by atoms with E-state index in [4.69, 9.17) is 0 Å². The molecule has 4 rings (SSSR count). The average Bonchev–Trinajstić information content (AvgIpc) is 2.56. The maximum absolute atomic E-state index is 12.2. The molecule has 0 amide bonds. The molecule has 0 atom stereocenters. The average molecular weight is 292 g/mol. The van der Waals surface area contributed by atoms with E-state index < -0.39 is 0 Å². The second-order valence-corrected chi connectivity index (χ2v) is 6.22. The van der Waals surface area contributed by atoms with Gasteiger partial charge in [-0.3, -0.25) is 9.69 Å². The first kappa shape index (κ1) is 13.5. The number of hydrogen-bond acceptors (Lipinski definition) is 2. The standard InChI is InChI=1S/C19H20N2O/c22-19-17-7-3-2-6-15(17)16-9-8-14(12-18(16)20-19)13-21-10-4-1-5-11-21/h2-3,6-9,12H,1,4-5,10-11,13H2,(H,20,22). The molecule has 0 bridgehead atoms. The fourth-order valence-electron chi connectivity index (χ4n) is 3.51. The van der Waals surface area contributed by atoms with Crippen molar-refractivity contribution in [1.29, 1.82) is 0 Å². The third kappa shape index (κ3) is 2.42. The monoisotopic (exact) mass is 292 g/mol. The first-order valence-electron chi connectivity index (χ1n) is 8.07. The van der Waals surface area contributed by atoms with Crippen LogP contribution in [-0.2, 0) is 6.54 Å². The van der Waals surface area contributed by atoms with Crippen molar-refractivity contribution in [1.82, 2.24) is 9.88 Å². The third-order valence-electron chi connectivity index (χ3n) is 4.65. The van der Waals surface area contributed by atoms with Gasteiger partial charge in [0, 0.05) is 22.8 Å². The molecule has 22 heavy (non-hydrogen) atoms. The van der Waals surface area contributed by atoms with Crippen molar-refractivity contribution in [3.05, 3.63) is 58.4 Å². The van der Waals surface area contributed by atoms with Crippen molar-refractivity contribution < 1.29 is 0 Å². The second kappa shape index (κ2) is 5.58. The van der Waals surface area contributed by atoms with E-state index in [2.05, 4.69) is 28.1 Å². The molecule has 1 aliphatic heterocycles. The molecule has 2 heterocycles. The molecule has 1 aliphatic rings. The number of H-pyrrole nitrogens is 1. The Hall–Kier alpha value is -2.13. The van der Waals surface area contributed by atoms with Gasteiger partial charge in [0.2, 0.25) is 0 Å². The summed E-state index contributed by atoms with van der Waals surface area (Å²) in [6.45, 7) is 3.35. The fourth-order valence-corrected chi connectivity index (χ4v) is 3.51. The summed E-state index contributed by atoms with van der Waals surface area (Å²) in [6, 6.07) is 14.3. The molecule has 3 nitrogen and oxygen atoms in total. The maximum atomic E-state index is 12.2. The normalized spacial score (nSPS) is 16.4. The number of aromatic nitrogens is 1. The van der Waals surface area contributed by atoms with Crippen LogP contribution in [0.2, 0.25) is 0 Å². The van der Waals surface area contributed by atoms with Crippen LogP contribution < -0.4 is 5.56 Å². The first-order valence-corrected chi connectivity index (χ1v) is 8.07. The summed E-state index contributed by atoms with van der Waals surface area (Å²) in [5.74, 6) is 0. The van der Waals surface area contributed by atoms with Gasteiger partial charge in [0.1, 0.15) is 0 Å². The lowest BCUT2D eigenvalue weighted by Crippen LogP contribution is -2.29. The first-order chi connectivity index (χ1) is 10.8. The van der Waals surface area contributed by atoms with Crippen LogP contribution >= 0.6 is 0 Å². The Kier molecular flexibility index (Phi) is 3.43. The van der Waals surface area contributed by atoms with E-state index >= 15 is 0 Å². The minimum atomic E-state index is -0.00165. The van der Waals surface area contributed by atoms with E-state index in [1.807, 2.05) is 24.3 Å². The molecule has 0 saturated carbocycles. The number of likely N-dealkylation sites (tertiary alicyclic amines) is 1. The van der Waals surface area contributed by atoms with Crippen LogP contribution in [0.3, 0.4) is 0 Å². The molecule has 1 aromatic heterocycles. The van der Waals surface area contributed by atoms with Crippen LogP contribution in [0.5, 0.6) is 0 Å². The lowest BCUT2D eigenvalue weighted by Gasteiger charge is -2.26. The van der Waals surface area contributed by atoms with Crippen molar-refractivity contribution in [3.8, 4) is 0 Å². The summed E-state index contributed by atoms with van der Waals surface area (Å²) in [5.41, 5.74) is 2.22. The largest absolute Gasteiger partial charge is 0.321 e. The van der Waals surface area contributed by atoms with Crippen LogP contribution in [0.25, 0.3) is 21.7 Å². The SMILES string of the molecule is O=c1[nH]c2cc(CN3CCCCC3)ccc2c2ccccc12. The predicted molar refractivity (Wildman–Crippen MR) is 91.2 cm³/mol. The molecule has 0 unspecified atom stereocenters. The number of piperidine rings is 1. The number of pyridine rings is 1. The van der Waals surface area contributed by atoms with Crippen molar-refractivity contribution in [2.75, 3.05) is 13.1 Å². The van der Waals surface area contributed by atoms with Gasteiger partial charge in [-0.05, 0) is 49.0 Å². The highest BCUT2D eigenvalue weighted by molar-refractivity contribution is 6.05. The summed E-state index contributed by atoms with van der Waals surface area (Å²) >= 11 is 0. The number of aromatic amines is 1. The van der Waals surface area contributed by atoms with Crippen LogP contribution in [0.4, 0.5) is 0 Å². The summed E-state index contributed by atoms with van der Waals surface area (Å²) < 4.78 is 0.